The van der Waals surface area contributed by atoms with Crippen LogP contribution in [0.4, 0.5) is 5.69 Å². The number of ether oxygens (including phenoxy) is 2. The van der Waals surface area contributed by atoms with Gasteiger partial charge in [-0.1, -0.05) is 11.6 Å². The van der Waals surface area contributed by atoms with E-state index in [0.29, 0.717) is 16.5 Å². The summed E-state index contributed by atoms with van der Waals surface area (Å²) in [6.07, 6.45) is -1.04. The molecule has 1 rings (SSSR count). The van der Waals surface area contributed by atoms with Gasteiger partial charge in [0.25, 0.3) is 0 Å². The molecule has 0 aliphatic carbocycles. The lowest BCUT2D eigenvalue weighted by molar-refractivity contribution is -0.150. The Labute approximate surface area is 115 Å². The Bertz CT molecular complexity index is 477. The van der Waals surface area contributed by atoms with Crippen molar-refractivity contribution in [1.82, 2.24) is 0 Å². The summed E-state index contributed by atoms with van der Waals surface area (Å²) in [5, 5.41) is 11.5. The van der Waals surface area contributed by atoms with E-state index in [1.54, 1.807) is 12.1 Å². The molecule has 19 heavy (non-hydrogen) atoms. The lowest BCUT2D eigenvalue weighted by Gasteiger charge is -2.10. The van der Waals surface area contributed by atoms with Gasteiger partial charge in [0.2, 0.25) is 5.91 Å². The molecule has 1 atom stereocenters. The zero-order valence-corrected chi connectivity index (χ0v) is 11.2. The van der Waals surface area contributed by atoms with Crippen LogP contribution in [-0.2, 0) is 14.3 Å². The molecule has 0 spiro atoms. The van der Waals surface area contributed by atoms with E-state index < -0.39 is 18.0 Å². The van der Waals surface area contributed by atoms with Crippen molar-refractivity contribution in [3.8, 4) is 5.75 Å². The second-order valence-electron chi connectivity index (χ2n) is 3.69. The highest BCUT2D eigenvalue weighted by Crippen LogP contribution is 2.27. The molecule has 1 aromatic carbocycles. The Morgan fingerprint density at radius 1 is 1.47 bits per heavy atom. The van der Waals surface area contributed by atoms with E-state index in [1.165, 1.54) is 20.1 Å². The first-order valence-electron chi connectivity index (χ1n) is 5.42. The molecule has 0 fully saturated rings. The van der Waals surface area contributed by atoms with Crippen LogP contribution >= 0.6 is 11.6 Å². The Balaban J connectivity index is 2.53. The summed E-state index contributed by atoms with van der Waals surface area (Å²) in [6, 6.07) is 4.75. The molecule has 0 unspecified atom stereocenters. The van der Waals surface area contributed by atoms with E-state index in [2.05, 4.69) is 5.32 Å². The zero-order valence-electron chi connectivity index (χ0n) is 10.5. The standard InChI is InChI=1S/C12H14ClNO5/c1-7(12(16)17)19-6-11(15)14-8-3-4-10(18-2)9(13)5-8/h3-5,7H,6H2,1-2H3,(H,14,15)(H,16,17)/t7-/m0/s1. The van der Waals surface area contributed by atoms with Crippen molar-refractivity contribution in [3.05, 3.63) is 23.2 Å². The first kappa shape index (κ1) is 15.3. The second kappa shape index (κ2) is 6.96. The smallest absolute Gasteiger partial charge is 0.332 e. The third-order valence-electron chi connectivity index (χ3n) is 2.25. The minimum absolute atomic E-state index is 0.350. The minimum atomic E-state index is -1.12. The molecule has 0 bridgehead atoms. The number of amides is 1. The summed E-state index contributed by atoms with van der Waals surface area (Å²) >= 11 is 5.90. The number of halogens is 1. The minimum Gasteiger partial charge on any atom is -0.495 e. The Kier molecular flexibility index (Phi) is 5.59. The molecule has 6 nitrogen and oxygen atoms in total. The number of carboxylic acid groups (broad SMARTS) is 1. The van der Waals surface area contributed by atoms with Gasteiger partial charge in [0, 0.05) is 5.69 Å². The van der Waals surface area contributed by atoms with Gasteiger partial charge < -0.3 is 19.9 Å². The highest BCUT2D eigenvalue weighted by atomic mass is 35.5. The van der Waals surface area contributed by atoms with Gasteiger partial charge in [0.05, 0.1) is 12.1 Å². The van der Waals surface area contributed by atoms with Crippen molar-refractivity contribution in [2.75, 3.05) is 19.0 Å². The number of anilines is 1. The normalized spacial score (nSPS) is 11.7. The number of hydrogen-bond donors (Lipinski definition) is 2. The fourth-order valence-corrected chi connectivity index (χ4v) is 1.47. The predicted molar refractivity (Wildman–Crippen MR) is 69.7 cm³/mol. The summed E-state index contributed by atoms with van der Waals surface area (Å²) in [5.74, 6) is -1.09. The van der Waals surface area contributed by atoms with Gasteiger partial charge >= 0.3 is 5.97 Å². The van der Waals surface area contributed by atoms with Gasteiger partial charge in [-0.25, -0.2) is 4.79 Å². The van der Waals surface area contributed by atoms with Crippen LogP contribution in [0.25, 0.3) is 0 Å². The average Bonchev–Trinajstić information content (AvgIpc) is 2.36. The molecule has 0 aliphatic heterocycles. The molecule has 0 heterocycles. The number of carboxylic acids is 1. The molecular formula is C12H14ClNO5. The predicted octanol–water partition coefficient (Wildman–Crippen LogP) is 1.78. The first-order valence-corrected chi connectivity index (χ1v) is 5.79. The molecular weight excluding hydrogens is 274 g/mol. The number of benzene rings is 1. The molecule has 1 aromatic rings. The molecule has 0 aromatic heterocycles. The van der Waals surface area contributed by atoms with Crippen molar-refractivity contribution >= 4 is 29.2 Å². The monoisotopic (exact) mass is 287 g/mol. The number of carbonyl (C=O) groups is 2. The lowest BCUT2D eigenvalue weighted by atomic mass is 10.3. The highest BCUT2D eigenvalue weighted by molar-refractivity contribution is 6.32. The molecule has 104 valence electrons. The molecule has 7 heteroatoms. The van der Waals surface area contributed by atoms with Crippen LogP contribution in [0, 0.1) is 0 Å². The zero-order chi connectivity index (χ0) is 14.4. The molecule has 2 N–H and O–H groups in total. The number of rotatable bonds is 6. The van der Waals surface area contributed by atoms with E-state index in [9.17, 15) is 9.59 Å². The highest BCUT2D eigenvalue weighted by Gasteiger charge is 2.13. The summed E-state index contributed by atoms with van der Waals surface area (Å²) in [5.41, 5.74) is 0.474. The molecule has 1 amide bonds. The fourth-order valence-electron chi connectivity index (χ4n) is 1.21. The maximum atomic E-state index is 11.5. The number of nitrogens with one attached hydrogen (secondary N) is 1. The van der Waals surface area contributed by atoms with Crippen LogP contribution in [0.3, 0.4) is 0 Å². The lowest BCUT2D eigenvalue weighted by Crippen LogP contribution is -2.26. The third-order valence-corrected chi connectivity index (χ3v) is 2.54. The fraction of sp³-hybridized carbons (Fsp3) is 0.333. The van der Waals surface area contributed by atoms with Crippen LogP contribution in [0.2, 0.25) is 5.02 Å². The summed E-state index contributed by atoms with van der Waals surface area (Å²) in [6.45, 7) is 0.997. The van der Waals surface area contributed by atoms with Gasteiger partial charge in [-0.2, -0.15) is 0 Å². The maximum Gasteiger partial charge on any atom is 0.332 e. The molecule has 0 radical (unpaired) electrons. The topological polar surface area (TPSA) is 84.9 Å². The molecule has 0 saturated carbocycles. The van der Waals surface area contributed by atoms with E-state index in [-0.39, 0.29) is 6.61 Å². The second-order valence-corrected chi connectivity index (χ2v) is 4.10. The SMILES string of the molecule is COc1ccc(NC(=O)CO[C@@H](C)C(=O)O)cc1Cl. The van der Waals surface area contributed by atoms with Crippen molar-refractivity contribution in [1.29, 1.82) is 0 Å². The van der Waals surface area contributed by atoms with Crippen molar-refractivity contribution < 1.29 is 24.2 Å². The van der Waals surface area contributed by atoms with Crippen LogP contribution < -0.4 is 10.1 Å². The van der Waals surface area contributed by atoms with E-state index in [0.717, 1.165) is 0 Å². The summed E-state index contributed by atoms with van der Waals surface area (Å²) in [7, 11) is 1.49. The maximum absolute atomic E-state index is 11.5. The van der Waals surface area contributed by atoms with Gasteiger partial charge in [-0.15, -0.1) is 0 Å². The van der Waals surface area contributed by atoms with E-state index in [4.69, 9.17) is 26.2 Å². The number of methoxy groups -OCH3 is 1. The van der Waals surface area contributed by atoms with Gasteiger partial charge in [-0.3, -0.25) is 4.79 Å². The number of carbonyl (C=O) groups excluding carboxylic acids is 1. The quantitative estimate of drug-likeness (QED) is 0.833. The Morgan fingerprint density at radius 3 is 2.68 bits per heavy atom. The van der Waals surface area contributed by atoms with E-state index >= 15 is 0 Å². The van der Waals surface area contributed by atoms with Gasteiger partial charge in [0.1, 0.15) is 12.4 Å². The van der Waals surface area contributed by atoms with Crippen molar-refractivity contribution in [2.45, 2.75) is 13.0 Å². The Hall–Kier alpha value is -1.79. The van der Waals surface area contributed by atoms with Crippen LogP contribution in [0.1, 0.15) is 6.92 Å². The van der Waals surface area contributed by atoms with Crippen LogP contribution in [-0.4, -0.2) is 36.8 Å². The summed E-state index contributed by atoms with van der Waals surface area (Å²) < 4.78 is 9.82. The van der Waals surface area contributed by atoms with Crippen LogP contribution in [0.15, 0.2) is 18.2 Å². The first-order chi connectivity index (χ1) is 8.93. The van der Waals surface area contributed by atoms with Gasteiger partial charge in [0.15, 0.2) is 6.10 Å². The van der Waals surface area contributed by atoms with E-state index in [1.807, 2.05) is 0 Å². The number of aliphatic carboxylic acids is 1. The van der Waals surface area contributed by atoms with Crippen molar-refractivity contribution in [2.24, 2.45) is 0 Å². The third kappa shape index (κ3) is 4.76. The Morgan fingerprint density at radius 2 is 2.16 bits per heavy atom. The van der Waals surface area contributed by atoms with Crippen molar-refractivity contribution in [3.63, 3.8) is 0 Å². The van der Waals surface area contributed by atoms with Gasteiger partial charge in [-0.05, 0) is 25.1 Å². The summed E-state index contributed by atoms with van der Waals surface area (Å²) in [4.78, 5) is 22.0. The number of hydrogen-bond acceptors (Lipinski definition) is 4. The largest absolute Gasteiger partial charge is 0.495 e. The average molecular weight is 288 g/mol. The molecule has 0 saturated heterocycles. The molecule has 0 aliphatic rings. The van der Waals surface area contributed by atoms with Crippen LogP contribution in [0.5, 0.6) is 5.75 Å².